The summed E-state index contributed by atoms with van der Waals surface area (Å²) in [7, 11) is 0. The zero-order chi connectivity index (χ0) is 12.6. The molecule has 0 spiro atoms. The summed E-state index contributed by atoms with van der Waals surface area (Å²) in [6, 6.07) is 3.24. The molecular formula is C10H6BrF3N2O. The van der Waals surface area contributed by atoms with Crippen LogP contribution in [0, 0.1) is 6.92 Å². The third kappa shape index (κ3) is 2.49. The Morgan fingerprint density at radius 3 is 2.47 bits per heavy atom. The molecule has 17 heavy (non-hydrogen) atoms. The summed E-state index contributed by atoms with van der Waals surface area (Å²) in [5.41, 5.74) is -0.303. The molecule has 1 heterocycles. The molecule has 0 saturated carbocycles. The highest BCUT2D eigenvalue weighted by Gasteiger charge is 2.31. The molecule has 3 nitrogen and oxygen atoms in total. The van der Waals surface area contributed by atoms with E-state index in [2.05, 4.69) is 26.1 Å². The molecule has 0 aliphatic heterocycles. The van der Waals surface area contributed by atoms with Crippen molar-refractivity contribution >= 4 is 15.9 Å². The van der Waals surface area contributed by atoms with Crippen molar-refractivity contribution in [1.29, 1.82) is 0 Å². The van der Waals surface area contributed by atoms with E-state index in [0.29, 0.717) is 11.4 Å². The molecule has 0 radical (unpaired) electrons. The fourth-order valence-electron chi connectivity index (χ4n) is 1.27. The summed E-state index contributed by atoms with van der Waals surface area (Å²) in [6.07, 6.45) is -4.37. The Balaban J connectivity index is 2.45. The van der Waals surface area contributed by atoms with Crippen LogP contribution in [0.2, 0.25) is 0 Å². The number of hydrogen-bond donors (Lipinski definition) is 0. The van der Waals surface area contributed by atoms with E-state index < -0.39 is 11.7 Å². The number of halogens is 4. The number of aromatic nitrogens is 2. The van der Waals surface area contributed by atoms with Gasteiger partial charge in [-0.1, -0.05) is 5.16 Å². The first-order chi connectivity index (χ1) is 7.88. The summed E-state index contributed by atoms with van der Waals surface area (Å²) < 4.78 is 42.4. The second-order valence-corrected chi connectivity index (χ2v) is 4.19. The monoisotopic (exact) mass is 306 g/mol. The van der Waals surface area contributed by atoms with Gasteiger partial charge in [-0.2, -0.15) is 18.2 Å². The van der Waals surface area contributed by atoms with Crippen LogP contribution in [0.25, 0.3) is 11.5 Å². The minimum absolute atomic E-state index is 0.183. The van der Waals surface area contributed by atoms with Gasteiger partial charge in [0.1, 0.15) is 0 Å². The lowest BCUT2D eigenvalue weighted by atomic mass is 10.1. The van der Waals surface area contributed by atoms with E-state index in [4.69, 9.17) is 4.52 Å². The van der Waals surface area contributed by atoms with Gasteiger partial charge in [0, 0.05) is 4.47 Å². The summed E-state index contributed by atoms with van der Waals surface area (Å²) in [5.74, 6) is 0.606. The van der Waals surface area contributed by atoms with Crippen molar-refractivity contribution in [1.82, 2.24) is 10.1 Å². The first-order valence-corrected chi connectivity index (χ1v) is 5.34. The van der Waals surface area contributed by atoms with E-state index in [1.807, 2.05) is 0 Å². The van der Waals surface area contributed by atoms with Crippen molar-refractivity contribution in [2.24, 2.45) is 0 Å². The molecule has 2 aromatic rings. The Labute approximate surface area is 103 Å². The normalized spacial score (nSPS) is 11.8. The maximum absolute atomic E-state index is 12.4. The maximum Gasteiger partial charge on any atom is 0.416 e. The van der Waals surface area contributed by atoms with Crippen LogP contribution >= 0.6 is 15.9 Å². The molecule has 0 amide bonds. The second kappa shape index (κ2) is 4.14. The largest absolute Gasteiger partial charge is 0.416 e. The van der Waals surface area contributed by atoms with Crippen LogP contribution in [0.1, 0.15) is 11.4 Å². The van der Waals surface area contributed by atoms with E-state index >= 15 is 0 Å². The smallest absolute Gasteiger partial charge is 0.334 e. The Bertz CT molecular complexity index is 551. The zero-order valence-corrected chi connectivity index (χ0v) is 10.1. The second-order valence-electron chi connectivity index (χ2n) is 3.34. The highest BCUT2D eigenvalue weighted by Crippen LogP contribution is 2.35. The maximum atomic E-state index is 12.4. The predicted octanol–water partition coefficient (Wildman–Crippen LogP) is 3.83. The third-order valence-electron chi connectivity index (χ3n) is 2.05. The van der Waals surface area contributed by atoms with Crippen molar-refractivity contribution in [3.63, 3.8) is 0 Å². The van der Waals surface area contributed by atoms with Crippen LogP contribution in [-0.2, 0) is 6.18 Å². The average molecular weight is 307 g/mol. The summed E-state index contributed by atoms with van der Waals surface area (Å²) in [4.78, 5) is 3.94. The molecule has 0 saturated heterocycles. The van der Waals surface area contributed by atoms with Gasteiger partial charge in [0.05, 0.1) is 11.1 Å². The van der Waals surface area contributed by atoms with Crippen LogP contribution < -0.4 is 0 Å². The Kier molecular flexibility index (Phi) is 2.94. The molecular weight excluding hydrogens is 301 g/mol. The topological polar surface area (TPSA) is 38.9 Å². The van der Waals surface area contributed by atoms with Crippen molar-refractivity contribution < 1.29 is 17.7 Å². The Morgan fingerprint density at radius 2 is 2.00 bits per heavy atom. The van der Waals surface area contributed by atoms with Gasteiger partial charge in [0.15, 0.2) is 5.82 Å². The molecule has 0 aliphatic rings. The van der Waals surface area contributed by atoms with Crippen molar-refractivity contribution in [2.45, 2.75) is 13.1 Å². The van der Waals surface area contributed by atoms with E-state index in [1.165, 1.54) is 6.07 Å². The molecule has 0 N–H and O–H groups in total. The molecule has 1 aromatic heterocycles. The van der Waals surface area contributed by atoms with Gasteiger partial charge >= 0.3 is 6.18 Å². The predicted molar refractivity (Wildman–Crippen MR) is 57.2 cm³/mol. The molecule has 0 fully saturated rings. The lowest BCUT2D eigenvalue weighted by molar-refractivity contribution is -0.137. The van der Waals surface area contributed by atoms with Gasteiger partial charge in [-0.05, 0) is 41.1 Å². The van der Waals surface area contributed by atoms with E-state index in [9.17, 15) is 13.2 Å². The van der Waals surface area contributed by atoms with Crippen molar-refractivity contribution in [2.75, 3.05) is 0 Å². The number of aryl methyl sites for hydroxylation is 1. The average Bonchev–Trinajstić information content (AvgIpc) is 2.63. The molecule has 2 rings (SSSR count). The first kappa shape index (κ1) is 12.1. The fourth-order valence-corrected chi connectivity index (χ4v) is 1.82. The summed E-state index contributed by atoms with van der Waals surface area (Å²) in [5, 5.41) is 3.58. The number of nitrogens with zero attached hydrogens (tertiary/aromatic N) is 2. The van der Waals surface area contributed by atoms with Crippen LogP contribution in [0.3, 0.4) is 0 Å². The van der Waals surface area contributed by atoms with Crippen LogP contribution in [-0.4, -0.2) is 10.1 Å². The van der Waals surface area contributed by atoms with Crippen LogP contribution in [0.4, 0.5) is 13.2 Å². The third-order valence-corrected chi connectivity index (χ3v) is 2.71. The van der Waals surface area contributed by atoms with Crippen molar-refractivity contribution in [3.8, 4) is 11.5 Å². The molecule has 90 valence electrons. The standard InChI is InChI=1S/C10H6BrF3N2O/c1-5-15-9(17-16-5)7-3-2-6(4-8(7)11)10(12,13)14/h2-4H,1H3. The quantitative estimate of drug-likeness (QED) is 0.804. The van der Waals surface area contributed by atoms with Gasteiger partial charge in [0.25, 0.3) is 5.89 Å². The number of rotatable bonds is 1. The first-order valence-electron chi connectivity index (χ1n) is 4.55. The van der Waals surface area contributed by atoms with E-state index in [0.717, 1.165) is 12.1 Å². The molecule has 0 aliphatic carbocycles. The number of alkyl halides is 3. The lowest BCUT2D eigenvalue weighted by Gasteiger charge is -2.07. The summed E-state index contributed by atoms with van der Waals surface area (Å²) in [6.45, 7) is 1.63. The lowest BCUT2D eigenvalue weighted by Crippen LogP contribution is -2.04. The minimum atomic E-state index is -4.37. The van der Waals surface area contributed by atoms with Gasteiger partial charge in [-0.25, -0.2) is 0 Å². The minimum Gasteiger partial charge on any atom is -0.334 e. The highest BCUT2D eigenvalue weighted by atomic mass is 79.9. The van der Waals surface area contributed by atoms with Gasteiger partial charge < -0.3 is 4.52 Å². The summed E-state index contributed by atoms with van der Waals surface area (Å²) >= 11 is 3.06. The van der Waals surface area contributed by atoms with Crippen LogP contribution in [0.5, 0.6) is 0 Å². The van der Waals surface area contributed by atoms with E-state index in [-0.39, 0.29) is 10.4 Å². The molecule has 7 heteroatoms. The van der Waals surface area contributed by atoms with Crippen molar-refractivity contribution in [3.05, 3.63) is 34.1 Å². The van der Waals surface area contributed by atoms with E-state index in [1.54, 1.807) is 6.92 Å². The zero-order valence-electron chi connectivity index (χ0n) is 8.55. The molecule has 0 unspecified atom stereocenters. The van der Waals surface area contributed by atoms with Gasteiger partial charge in [-0.15, -0.1) is 0 Å². The van der Waals surface area contributed by atoms with Gasteiger partial charge in [-0.3, -0.25) is 0 Å². The van der Waals surface area contributed by atoms with Gasteiger partial charge in [0.2, 0.25) is 0 Å². The SMILES string of the molecule is Cc1noc(-c2ccc(C(F)(F)F)cc2Br)n1. The number of benzene rings is 1. The number of hydrogen-bond acceptors (Lipinski definition) is 3. The van der Waals surface area contributed by atoms with Crippen LogP contribution in [0.15, 0.2) is 27.2 Å². The Hall–Kier alpha value is -1.37. The molecule has 0 bridgehead atoms. The molecule has 0 atom stereocenters. The molecule has 1 aromatic carbocycles. The fraction of sp³-hybridized carbons (Fsp3) is 0.200. The Morgan fingerprint density at radius 1 is 1.29 bits per heavy atom. The highest BCUT2D eigenvalue weighted by molar-refractivity contribution is 9.10.